The Morgan fingerprint density at radius 3 is 2.80 bits per heavy atom. The molecule has 1 aromatic rings. The Balaban J connectivity index is 2.30. The Labute approximate surface area is 126 Å². The molecule has 0 bridgehead atoms. The number of hydrogen-bond acceptors (Lipinski definition) is 4. The van der Waals surface area contributed by atoms with Crippen molar-refractivity contribution in [3.8, 4) is 5.75 Å². The molecule has 1 aliphatic heterocycles. The van der Waals surface area contributed by atoms with E-state index < -0.39 is 0 Å². The molecule has 0 spiro atoms. The van der Waals surface area contributed by atoms with Crippen molar-refractivity contribution in [2.45, 2.75) is 44.1 Å². The van der Waals surface area contributed by atoms with Gasteiger partial charge in [-0.3, -0.25) is 4.90 Å². The summed E-state index contributed by atoms with van der Waals surface area (Å²) in [5, 5.41) is 0.649. The van der Waals surface area contributed by atoms with Crippen LogP contribution in [0.3, 0.4) is 0 Å². The highest BCUT2D eigenvalue weighted by Crippen LogP contribution is 2.34. The average Bonchev–Trinajstić information content (AvgIpc) is 2.44. The molecule has 20 heavy (non-hydrogen) atoms. The lowest BCUT2D eigenvalue weighted by Crippen LogP contribution is -2.50. The quantitative estimate of drug-likeness (QED) is 0.926. The van der Waals surface area contributed by atoms with Crippen molar-refractivity contribution in [2.24, 2.45) is 5.73 Å². The topological polar surface area (TPSA) is 38.5 Å². The second kappa shape index (κ2) is 6.83. The normalized spacial score (nSPS) is 27.1. The highest BCUT2D eigenvalue weighted by molar-refractivity contribution is 8.00. The average molecular weight is 294 g/mol. The van der Waals surface area contributed by atoms with Crippen LogP contribution in [0.1, 0.15) is 32.4 Å². The van der Waals surface area contributed by atoms with Crippen LogP contribution in [0.25, 0.3) is 0 Å². The molecule has 4 heteroatoms. The van der Waals surface area contributed by atoms with Crippen LogP contribution >= 0.6 is 11.8 Å². The minimum Gasteiger partial charge on any atom is -0.497 e. The highest BCUT2D eigenvalue weighted by Gasteiger charge is 2.33. The number of ether oxygens (including phenoxy) is 1. The second-order valence-electron chi connectivity index (χ2n) is 5.63. The third-order valence-corrected chi connectivity index (χ3v) is 5.56. The highest BCUT2D eigenvalue weighted by atomic mass is 32.2. The predicted octanol–water partition coefficient (Wildman–Crippen LogP) is 2.91. The smallest absolute Gasteiger partial charge is 0.119 e. The summed E-state index contributed by atoms with van der Waals surface area (Å²) in [4.78, 5) is 2.56. The van der Waals surface area contributed by atoms with Crippen molar-refractivity contribution < 1.29 is 4.74 Å². The van der Waals surface area contributed by atoms with E-state index in [4.69, 9.17) is 10.5 Å². The largest absolute Gasteiger partial charge is 0.497 e. The fourth-order valence-electron chi connectivity index (χ4n) is 2.97. The molecule has 2 N–H and O–H groups in total. The fourth-order valence-corrected chi connectivity index (χ4v) is 4.09. The SMILES string of the molecule is COc1cccc(C(C(C)N)N2CCSC(C)C2C)c1. The van der Waals surface area contributed by atoms with E-state index in [1.807, 2.05) is 6.07 Å². The van der Waals surface area contributed by atoms with Crippen molar-refractivity contribution in [1.29, 1.82) is 0 Å². The summed E-state index contributed by atoms with van der Waals surface area (Å²) in [6.45, 7) is 7.82. The number of benzene rings is 1. The number of hydrogen-bond donors (Lipinski definition) is 1. The monoisotopic (exact) mass is 294 g/mol. The summed E-state index contributed by atoms with van der Waals surface area (Å²) in [7, 11) is 1.71. The third-order valence-electron chi connectivity index (χ3n) is 4.22. The maximum atomic E-state index is 6.31. The lowest BCUT2D eigenvalue weighted by molar-refractivity contribution is 0.130. The number of nitrogens with zero attached hydrogens (tertiary/aromatic N) is 1. The van der Waals surface area contributed by atoms with Crippen molar-refractivity contribution >= 4 is 11.8 Å². The fraction of sp³-hybridized carbons (Fsp3) is 0.625. The number of thioether (sulfide) groups is 1. The zero-order chi connectivity index (χ0) is 14.7. The van der Waals surface area contributed by atoms with E-state index in [0.29, 0.717) is 11.3 Å². The van der Waals surface area contributed by atoms with Gasteiger partial charge in [0.15, 0.2) is 0 Å². The van der Waals surface area contributed by atoms with Gasteiger partial charge in [0.25, 0.3) is 0 Å². The van der Waals surface area contributed by atoms with Crippen LogP contribution in [0, 0.1) is 0 Å². The maximum Gasteiger partial charge on any atom is 0.119 e. The Morgan fingerprint density at radius 2 is 2.15 bits per heavy atom. The van der Waals surface area contributed by atoms with Crippen LogP contribution in [-0.4, -0.2) is 41.6 Å². The standard InChI is InChI=1S/C16H26N2OS/c1-11(17)16(14-6-5-7-15(10-14)19-4)18-8-9-20-13(3)12(18)2/h5-7,10-13,16H,8-9,17H2,1-4H3. The summed E-state index contributed by atoms with van der Waals surface area (Å²) in [5.74, 6) is 2.08. The first kappa shape index (κ1) is 15.7. The van der Waals surface area contributed by atoms with E-state index in [-0.39, 0.29) is 12.1 Å². The van der Waals surface area contributed by atoms with Crippen molar-refractivity contribution in [3.63, 3.8) is 0 Å². The van der Waals surface area contributed by atoms with Crippen LogP contribution in [0.2, 0.25) is 0 Å². The second-order valence-corrected chi connectivity index (χ2v) is 7.12. The van der Waals surface area contributed by atoms with E-state index in [1.165, 1.54) is 11.3 Å². The van der Waals surface area contributed by atoms with Crippen molar-refractivity contribution in [2.75, 3.05) is 19.4 Å². The van der Waals surface area contributed by atoms with Gasteiger partial charge < -0.3 is 10.5 Å². The molecule has 1 aromatic carbocycles. The van der Waals surface area contributed by atoms with Gasteiger partial charge in [-0.1, -0.05) is 19.1 Å². The molecule has 1 saturated heterocycles. The lowest BCUT2D eigenvalue weighted by atomic mass is 9.96. The van der Waals surface area contributed by atoms with Gasteiger partial charge in [0, 0.05) is 29.6 Å². The third kappa shape index (κ3) is 3.30. The van der Waals surface area contributed by atoms with E-state index in [1.54, 1.807) is 7.11 Å². The molecule has 2 rings (SSSR count). The van der Waals surface area contributed by atoms with Crippen LogP contribution in [0.4, 0.5) is 0 Å². The maximum absolute atomic E-state index is 6.31. The molecule has 3 nitrogen and oxygen atoms in total. The van der Waals surface area contributed by atoms with Gasteiger partial charge in [0.2, 0.25) is 0 Å². The van der Waals surface area contributed by atoms with Gasteiger partial charge in [-0.15, -0.1) is 0 Å². The Hall–Kier alpha value is -0.710. The molecule has 0 saturated carbocycles. The number of nitrogens with two attached hydrogens (primary N) is 1. The molecular formula is C16H26N2OS. The summed E-state index contributed by atoms with van der Waals surface area (Å²) in [5.41, 5.74) is 7.56. The molecular weight excluding hydrogens is 268 g/mol. The van der Waals surface area contributed by atoms with Gasteiger partial charge in [-0.25, -0.2) is 0 Å². The molecule has 0 amide bonds. The van der Waals surface area contributed by atoms with Crippen molar-refractivity contribution in [3.05, 3.63) is 29.8 Å². The molecule has 1 heterocycles. The molecule has 1 fully saturated rings. The van der Waals surface area contributed by atoms with Crippen LogP contribution < -0.4 is 10.5 Å². The van der Waals surface area contributed by atoms with Crippen LogP contribution in [0.5, 0.6) is 5.75 Å². The number of methoxy groups -OCH3 is 1. The molecule has 0 aromatic heterocycles. The zero-order valence-corrected chi connectivity index (χ0v) is 13.7. The Morgan fingerprint density at radius 1 is 1.40 bits per heavy atom. The van der Waals surface area contributed by atoms with Crippen LogP contribution in [0.15, 0.2) is 24.3 Å². The summed E-state index contributed by atoms with van der Waals surface area (Å²) in [6, 6.07) is 9.21. The van der Waals surface area contributed by atoms with Gasteiger partial charge in [-0.2, -0.15) is 11.8 Å². The lowest BCUT2D eigenvalue weighted by Gasteiger charge is -2.44. The van der Waals surface area contributed by atoms with Crippen LogP contribution in [-0.2, 0) is 0 Å². The van der Waals surface area contributed by atoms with Crippen molar-refractivity contribution in [1.82, 2.24) is 4.90 Å². The molecule has 0 aliphatic carbocycles. The Bertz CT molecular complexity index is 438. The summed E-state index contributed by atoms with van der Waals surface area (Å²) in [6.07, 6.45) is 0. The predicted molar refractivity (Wildman–Crippen MR) is 87.5 cm³/mol. The first-order chi connectivity index (χ1) is 9.54. The number of rotatable bonds is 4. The zero-order valence-electron chi connectivity index (χ0n) is 12.9. The molecule has 0 radical (unpaired) electrons. The molecule has 1 aliphatic rings. The minimum absolute atomic E-state index is 0.0971. The van der Waals surface area contributed by atoms with Gasteiger partial charge in [0.1, 0.15) is 5.75 Å². The minimum atomic E-state index is 0.0971. The van der Waals surface area contributed by atoms with E-state index in [0.717, 1.165) is 12.3 Å². The first-order valence-electron chi connectivity index (χ1n) is 7.31. The summed E-state index contributed by atoms with van der Waals surface area (Å²) < 4.78 is 5.36. The molecule has 4 unspecified atom stereocenters. The summed E-state index contributed by atoms with van der Waals surface area (Å²) >= 11 is 2.05. The van der Waals surface area contributed by atoms with Gasteiger partial charge >= 0.3 is 0 Å². The molecule has 4 atom stereocenters. The van der Waals surface area contributed by atoms with E-state index in [2.05, 4.69) is 55.6 Å². The van der Waals surface area contributed by atoms with Gasteiger partial charge in [0.05, 0.1) is 13.2 Å². The van der Waals surface area contributed by atoms with Gasteiger partial charge in [-0.05, 0) is 31.5 Å². The first-order valence-corrected chi connectivity index (χ1v) is 8.36. The Kier molecular flexibility index (Phi) is 5.35. The van der Waals surface area contributed by atoms with E-state index in [9.17, 15) is 0 Å². The molecule has 112 valence electrons. The van der Waals surface area contributed by atoms with E-state index >= 15 is 0 Å².